The summed E-state index contributed by atoms with van der Waals surface area (Å²) in [5, 5.41) is 0.925. The number of carbonyl (C=O) groups is 1. The maximum atomic E-state index is 13.4. The van der Waals surface area contributed by atoms with Gasteiger partial charge in [0.15, 0.2) is 11.6 Å². The molecule has 0 bridgehead atoms. The standard InChI is InChI=1S/C21H16F2O3/c1-2-3-10-25-17-6-8-18(9-7-17)26-21(24)15-5-4-14-12-19(22)20(23)13-16(14)11-15/h2-9,11-13H,10H2,1H3. The van der Waals surface area contributed by atoms with Crippen LogP contribution < -0.4 is 9.47 Å². The van der Waals surface area contributed by atoms with E-state index in [0.717, 1.165) is 12.1 Å². The summed E-state index contributed by atoms with van der Waals surface area (Å²) in [6.07, 6.45) is 3.77. The Balaban J connectivity index is 1.73. The summed E-state index contributed by atoms with van der Waals surface area (Å²) in [7, 11) is 0. The van der Waals surface area contributed by atoms with E-state index < -0.39 is 17.6 Å². The molecule has 0 aromatic heterocycles. The summed E-state index contributed by atoms with van der Waals surface area (Å²) < 4.78 is 37.4. The summed E-state index contributed by atoms with van der Waals surface area (Å²) in [6, 6.07) is 13.3. The fraction of sp³-hybridized carbons (Fsp3) is 0.0952. The Hall–Kier alpha value is -3.21. The fourth-order valence-corrected chi connectivity index (χ4v) is 2.38. The van der Waals surface area contributed by atoms with Gasteiger partial charge in [-0.2, -0.15) is 0 Å². The van der Waals surface area contributed by atoms with Crippen LogP contribution in [-0.2, 0) is 0 Å². The molecule has 0 fully saturated rings. The Labute approximate surface area is 149 Å². The first-order valence-corrected chi connectivity index (χ1v) is 8.02. The summed E-state index contributed by atoms with van der Waals surface area (Å²) >= 11 is 0. The predicted octanol–water partition coefficient (Wildman–Crippen LogP) is 5.29. The smallest absolute Gasteiger partial charge is 0.343 e. The second-order valence-corrected chi connectivity index (χ2v) is 5.57. The van der Waals surface area contributed by atoms with Crippen LogP contribution in [0, 0.1) is 11.6 Å². The number of fused-ring (bicyclic) bond motifs is 1. The molecule has 0 aliphatic rings. The van der Waals surface area contributed by atoms with E-state index in [1.807, 2.05) is 19.1 Å². The lowest BCUT2D eigenvalue weighted by atomic mass is 10.1. The summed E-state index contributed by atoms with van der Waals surface area (Å²) in [4.78, 5) is 12.3. The second-order valence-electron chi connectivity index (χ2n) is 5.57. The van der Waals surface area contributed by atoms with Gasteiger partial charge in [0.2, 0.25) is 0 Å². The SMILES string of the molecule is CC=CCOc1ccc(OC(=O)c2ccc3cc(F)c(F)cc3c2)cc1. The van der Waals surface area contributed by atoms with E-state index in [4.69, 9.17) is 9.47 Å². The van der Waals surface area contributed by atoms with Crippen molar-refractivity contribution in [3.8, 4) is 11.5 Å². The van der Waals surface area contributed by atoms with Gasteiger partial charge in [-0.1, -0.05) is 18.2 Å². The Bertz CT molecular complexity index is 963. The number of esters is 1. The van der Waals surface area contributed by atoms with Crippen molar-refractivity contribution in [3.63, 3.8) is 0 Å². The van der Waals surface area contributed by atoms with Crippen LogP contribution in [0.25, 0.3) is 10.8 Å². The number of carbonyl (C=O) groups excluding carboxylic acids is 1. The zero-order valence-electron chi connectivity index (χ0n) is 14.0. The van der Waals surface area contributed by atoms with Gasteiger partial charge in [0, 0.05) is 0 Å². The van der Waals surface area contributed by atoms with Crippen LogP contribution in [0.1, 0.15) is 17.3 Å². The van der Waals surface area contributed by atoms with Crippen molar-refractivity contribution in [1.29, 1.82) is 0 Å². The van der Waals surface area contributed by atoms with Crippen LogP contribution >= 0.6 is 0 Å². The van der Waals surface area contributed by atoms with Crippen LogP contribution in [0.15, 0.2) is 66.7 Å². The topological polar surface area (TPSA) is 35.5 Å². The number of halogens is 2. The molecule has 3 aromatic carbocycles. The van der Waals surface area contributed by atoms with Crippen LogP contribution in [0.5, 0.6) is 11.5 Å². The van der Waals surface area contributed by atoms with Crippen LogP contribution in [0.2, 0.25) is 0 Å². The highest BCUT2D eigenvalue weighted by molar-refractivity contribution is 5.96. The first-order chi connectivity index (χ1) is 12.6. The number of rotatable bonds is 5. The monoisotopic (exact) mass is 354 g/mol. The third kappa shape index (κ3) is 4.06. The van der Waals surface area contributed by atoms with E-state index in [1.165, 1.54) is 12.1 Å². The fourth-order valence-electron chi connectivity index (χ4n) is 2.38. The minimum Gasteiger partial charge on any atom is -0.490 e. The van der Waals surface area contributed by atoms with Gasteiger partial charge in [0.25, 0.3) is 0 Å². The van der Waals surface area contributed by atoms with Crippen molar-refractivity contribution in [1.82, 2.24) is 0 Å². The lowest BCUT2D eigenvalue weighted by Gasteiger charge is -2.07. The Kier molecular flexibility index (Phi) is 5.27. The van der Waals surface area contributed by atoms with Gasteiger partial charge >= 0.3 is 5.97 Å². The molecule has 3 rings (SSSR count). The molecule has 132 valence electrons. The average Bonchev–Trinajstić information content (AvgIpc) is 2.64. The molecule has 0 atom stereocenters. The molecule has 0 saturated carbocycles. The largest absolute Gasteiger partial charge is 0.490 e. The molecule has 3 nitrogen and oxygen atoms in total. The zero-order chi connectivity index (χ0) is 18.5. The lowest BCUT2D eigenvalue weighted by Crippen LogP contribution is -2.08. The van der Waals surface area contributed by atoms with Gasteiger partial charge in [-0.15, -0.1) is 0 Å². The Morgan fingerprint density at radius 1 is 0.923 bits per heavy atom. The molecule has 3 aromatic rings. The van der Waals surface area contributed by atoms with E-state index in [9.17, 15) is 13.6 Å². The molecule has 0 unspecified atom stereocenters. The van der Waals surface area contributed by atoms with Crippen LogP contribution in [-0.4, -0.2) is 12.6 Å². The van der Waals surface area contributed by atoms with Crippen LogP contribution in [0.3, 0.4) is 0 Å². The highest BCUT2D eigenvalue weighted by Gasteiger charge is 2.11. The quantitative estimate of drug-likeness (QED) is 0.355. The van der Waals surface area contributed by atoms with Crippen molar-refractivity contribution >= 4 is 16.7 Å². The van der Waals surface area contributed by atoms with Gasteiger partial charge in [-0.25, -0.2) is 13.6 Å². The molecule has 0 aliphatic carbocycles. The molecule has 0 radical (unpaired) electrons. The van der Waals surface area contributed by atoms with Gasteiger partial charge in [-0.3, -0.25) is 0 Å². The number of ether oxygens (including phenoxy) is 2. The molecule has 0 N–H and O–H groups in total. The number of benzene rings is 3. The maximum Gasteiger partial charge on any atom is 0.343 e. The number of hydrogen-bond acceptors (Lipinski definition) is 3. The van der Waals surface area contributed by atoms with Gasteiger partial charge in [-0.05, 0) is 66.2 Å². The minimum absolute atomic E-state index is 0.247. The van der Waals surface area contributed by atoms with Crippen molar-refractivity contribution in [2.45, 2.75) is 6.92 Å². The van der Waals surface area contributed by atoms with Gasteiger partial charge in [0.1, 0.15) is 18.1 Å². The molecule has 0 heterocycles. The molecule has 5 heteroatoms. The summed E-state index contributed by atoms with van der Waals surface area (Å²) in [5.74, 6) is -1.45. The van der Waals surface area contributed by atoms with Crippen molar-refractivity contribution in [2.75, 3.05) is 6.61 Å². The average molecular weight is 354 g/mol. The molecular formula is C21H16F2O3. The molecule has 0 saturated heterocycles. The van der Waals surface area contributed by atoms with Gasteiger partial charge in [0.05, 0.1) is 5.56 Å². The van der Waals surface area contributed by atoms with E-state index in [0.29, 0.717) is 28.9 Å². The van der Waals surface area contributed by atoms with Gasteiger partial charge < -0.3 is 9.47 Å². The highest BCUT2D eigenvalue weighted by Crippen LogP contribution is 2.22. The van der Waals surface area contributed by atoms with Crippen molar-refractivity contribution in [2.24, 2.45) is 0 Å². The molecule has 0 aliphatic heterocycles. The lowest BCUT2D eigenvalue weighted by molar-refractivity contribution is 0.0735. The van der Waals surface area contributed by atoms with E-state index in [-0.39, 0.29) is 5.56 Å². The second kappa shape index (κ2) is 7.78. The number of hydrogen-bond donors (Lipinski definition) is 0. The Morgan fingerprint density at radius 2 is 1.58 bits per heavy atom. The van der Waals surface area contributed by atoms with Crippen molar-refractivity contribution in [3.05, 3.63) is 83.9 Å². The first kappa shape index (κ1) is 17.6. The van der Waals surface area contributed by atoms with E-state index >= 15 is 0 Å². The predicted molar refractivity (Wildman–Crippen MR) is 95.6 cm³/mol. The molecule has 0 amide bonds. The van der Waals surface area contributed by atoms with Crippen LogP contribution in [0.4, 0.5) is 8.78 Å². The van der Waals surface area contributed by atoms with Crippen molar-refractivity contribution < 1.29 is 23.0 Å². The molecule has 0 spiro atoms. The molecule has 26 heavy (non-hydrogen) atoms. The third-order valence-electron chi connectivity index (χ3n) is 3.73. The summed E-state index contributed by atoms with van der Waals surface area (Å²) in [6.45, 7) is 2.37. The highest BCUT2D eigenvalue weighted by atomic mass is 19.2. The molecular weight excluding hydrogens is 338 g/mol. The van der Waals surface area contributed by atoms with E-state index in [1.54, 1.807) is 30.3 Å². The normalized spacial score (nSPS) is 11.0. The zero-order valence-corrected chi connectivity index (χ0v) is 14.0. The third-order valence-corrected chi connectivity index (χ3v) is 3.73. The minimum atomic E-state index is -0.962. The summed E-state index contributed by atoms with van der Waals surface area (Å²) in [5.41, 5.74) is 0.247. The number of allylic oxidation sites excluding steroid dienone is 1. The van der Waals surface area contributed by atoms with E-state index in [2.05, 4.69) is 0 Å². The first-order valence-electron chi connectivity index (χ1n) is 8.02. The Morgan fingerprint density at radius 3 is 2.27 bits per heavy atom. The maximum absolute atomic E-state index is 13.4.